The summed E-state index contributed by atoms with van der Waals surface area (Å²) < 4.78 is 5.24. The van der Waals surface area contributed by atoms with E-state index < -0.39 is 11.8 Å². The molecule has 0 saturated carbocycles. The quantitative estimate of drug-likeness (QED) is 0.604. The average molecular weight is 391 g/mol. The Kier molecular flexibility index (Phi) is 5.62. The number of carbonyl (C=O) groups is 2. The fraction of sp³-hybridized carbons (Fsp3) is 0.304. The van der Waals surface area contributed by atoms with Crippen LogP contribution >= 0.6 is 0 Å². The molecule has 6 nitrogen and oxygen atoms in total. The van der Waals surface area contributed by atoms with Crippen molar-refractivity contribution in [2.45, 2.75) is 25.8 Å². The number of imide groups is 1. The first-order valence-corrected chi connectivity index (χ1v) is 9.96. The Balaban J connectivity index is 1.50. The smallest absolute Gasteiger partial charge is 0.260 e. The number of benzene rings is 2. The lowest BCUT2D eigenvalue weighted by Gasteiger charge is -2.26. The van der Waals surface area contributed by atoms with Gasteiger partial charge < -0.3 is 10.1 Å². The van der Waals surface area contributed by atoms with Gasteiger partial charge >= 0.3 is 0 Å². The molecule has 6 heteroatoms. The van der Waals surface area contributed by atoms with Crippen molar-refractivity contribution in [2.24, 2.45) is 0 Å². The highest BCUT2D eigenvalue weighted by Gasteiger charge is 2.27. The van der Waals surface area contributed by atoms with Crippen LogP contribution in [0.1, 0.15) is 40.7 Å². The molecule has 1 saturated heterocycles. The highest BCUT2D eigenvalue weighted by molar-refractivity contribution is 6.31. The van der Waals surface area contributed by atoms with Gasteiger partial charge in [-0.05, 0) is 61.8 Å². The zero-order chi connectivity index (χ0) is 20.2. The second-order valence-electron chi connectivity index (χ2n) is 7.43. The fourth-order valence-electron chi connectivity index (χ4n) is 3.81. The molecule has 2 heterocycles. The number of fused-ring (bicyclic) bond motifs is 1. The lowest BCUT2D eigenvalue weighted by molar-refractivity contribution is -0.114. The van der Waals surface area contributed by atoms with Crippen molar-refractivity contribution in [3.8, 4) is 5.75 Å². The molecule has 0 radical (unpaired) electrons. The van der Waals surface area contributed by atoms with Gasteiger partial charge in [-0.25, -0.2) is 0 Å². The molecular weight excluding hydrogens is 366 g/mol. The summed E-state index contributed by atoms with van der Waals surface area (Å²) in [6.45, 7) is 3.31. The minimum absolute atomic E-state index is 0.396. The molecule has 4 rings (SSSR count). The van der Waals surface area contributed by atoms with E-state index in [2.05, 4.69) is 27.7 Å². The van der Waals surface area contributed by atoms with Crippen molar-refractivity contribution in [3.05, 3.63) is 65.4 Å². The van der Waals surface area contributed by atoms with E-state index in [1.807, 2.05) is 12.1 Å². The highest BCUT2D eigenvalue weighted by Crippen LogP contribution is 2.28. The first kappa shape index (κ1) is 19.2. The van der Waals surface area contributed by atoms with Crippen LogP contribution in [0.5, 0.6) is 5.75 Å². The zero-order valence-corrected chi connectivity index (χ0v) is 16.5. The first-order chi connectivity index (χ1) is 14.1. The second-order valence-corrected chi connectivity index (χ2v) is 7.43. The van der Waals surface area contributed by atoms with Crippen molar-refractivity contribution < 1.29 is 14.3 Å². The molecule has 0 aliphatic carbocycles. The molecule has 0 aromatic heterocycles. The van der Waals surface area contributed by atoms with Gasteiger partial charge in [0.25, 0.3) is 11.8 Å². The predicted molar refractivity (Wildman–Crippen MR) is 113 cm³/mol. The molecule has 2 aliphatic heterocycles. The van der Waals surface area contributed by atoms with Gasteiger partial charge in [0.05, 0.1) is 12.7 Å². The number of likely N-dealkylation sites (tertiary alicyclic amines) is 1. The maximum Gasteiger partial charge on any atom is 0.260 e. The number of hydrogen-bond donors (Lipinski definition) is 2. The van der Waals surface area contributed by atoms with E-state index in [1.165, 1.54) is 37.9 Å². The van der Waals surface area contributed by atoms with Crippen LogP contribution in [0.15, 0.2) is 48.7 Å². The fourth-order valence-corrected chi connectivity index (χ4v) is 3.81. The molecule has 2 aromatic rings. The highest BCUT2D eigenvalue weighted by atomic mass is 16.5. The molecule has 29 heavy (non-hydrogen) atoms. The van der Waals surface area contributed by atoms with E-state index in [1.54, 1.807) is 31.5 Å². The van der Waals surface area contributed by atoms with E-state index in [4.69, 9.17) is 4.74 Å². The van der Waals surface area contributed by atoms with Gasteiger partial charge in [-0.3, -0.25) is 19.8 Å². The van der Waals surface area contributed by atoms with Gasteiger partial charge in [-0.1, -0.05) is 18.6 Å². The summed E-state index contributed by atoms with van der Waals surface area (Å²) in [5.41, 5.74) is 3.58. The zero-order valence-electron chi connectivity index (χ0n) is 16.5. The molecule has 1 fully saturated rings. The summed E-state index contributed by atoms with van der Waals surface area (Å²) in [4.78, 5) is 27.0. The molecule has 2 amide bonds. The Hall–Kier alpha value is -3.12. The van der Waals surface area contributed by atoms with E-state index in [-0.39, 0.29) is 0 Å². The van der Waals surface area contributed by atoms with Crippen molar-refractivity contribution in [1.82, 2.24) is 10.2 Å². The summed E-state index contributed by atoms with van der Waals surface area (Å²) in [5.74, 6) is -0.226. The van der Waals surface area contributed by atoms with Crippen LogP contribution in [0.25, 0.3) is 5.57 Å². The number of anilines is 1. The van der Waals surface area contributed by atoms with Crippen molar-refractivity contribution in [1.29, 1.82) is 0 Å². The van der Waals surface area contributed by atoms with Crippen molar-refractivity contribution >= 4 is 23.1 Å². The third-order valence-electron chi connectivity index (χ3n) is 5.43. The molecule has 0 unspecified atom stereocenters. The SMILES string of the molecule is COc1ccc2c(c1)/C(=C\Nc1ccc(CN3CCCCC3)cc1)C(=O)NC2=O. The van der Waals surface area contributed by atoms with E-state index in [9.17, 15) is 9.59 Å². The maximum absolute atomic E-state index is 12.4. The Morgan fingerprint density at radius 3 is 2.48 bits per heavy atom. The number of rotatable bonds is 5. The minimum Gasteiger partial charge on any atom is -0.497 e. The number of hydrogen-bond acceptors (Lipinski definition) is 5. The van der Waals surface area contributed by atoms with Crippen LogP contribution in [0, 0.1) is 0 Å². The van der Waals surface area contributed by atoms with E-state index >= 15 is 0 Å². The average Bonchev–Trinajstić information content (AvgIpc) is 2.75. The van der Waals surface area contributed by atoms with E-state index in [0.29, 0.717) is 22.4 Å². The number of nitrogens with zero attached hydrogens (tertiary/aromatic N) is 1. The number of carbonyl (C=O) groups excluding carboxylic acids is 2. The lowest BCUT2D eigenvalue weighted by Crippen LogP contribution is -2.36. The van der Waals surface area contributed by atoms with Crippen LogP contribution in [0.3, 0.4) is 0 Å². The third-order valence-corrected chi connectivity index (χ3v) is 5.43. The Bertz CT molecular complexity index is 944. The number of methoxy groups -OCH3 is 1. The monoisotopic (exact) mass is 391 g/mol. The Morgan fingerprint density at radius 1 is 1.00 bits per heavy atom. The number of amides is 2. The van der Waals surface area contributed by atoms with Gasteiger partial charge in [-0.2, -0.15) is 0 Å². The molecule has 0 bridgehead atoms. The molecule has 150 valence electrons. The van der Waals surface area contributed by atoms with Gasteiger partial charge in [0.1, 0.15) is 5.75 Å². The van der Waals surface area contributed by atoms with Crippen molar-refractivity contribution in [3.63, 3.8) is 0 Å². The largest absolute Gasteiger partial charge is 0.497 e. The molecule has 0 spiro atoms. The molecule has 2 N–H and O–H groups in total. The van der Waals surface area contributed by atoms with Crippen LogP contribution < -0.4 is 15.4 Å². The standard InChI is InChI=1S/C23H25N3O3/c1-29-18-9-10-19-20(13-18)21(23(28)25-22(19)27)14-24-17-7-5-16(6-8-17)15-26-11-3-2-4-12-26/h5-10,13-14,24H,2-4,11-12,15H2,1H3,(H,25,27,28)/b21-14+. The van der Waals surface area contributed by atoms with Crippen LogP contribution in [0.4, 0.5) is 5.69 Å². The second kappa shape index (κ2) is 8.49. The minimum atomic E-state index is -0.426. The lowest BCUT2D eigenvalue weighted by atomic mass is 9.95. The van der Waals surface area contributed by atoms with Gasteiger partial charge in [0, 0.05) is 29.6 Å². The summed E-state index contributed by atoms with van der Waals surface area (Å²) in [5, 5.41) is 5.56. The van der Waals surface area contributed by atoms with Gasteiger partial charge in [0.2, 0.25) is 0 Å². The first-order valence-electron chi connectivity index (χ1n) is 9.96. The summed E-state index contributed by atoms with van der Waals surface area (Å²) in [6.07, 6.45) is 5.54. The molecule has 2 aromatic carbocycles. The number of ether oxygens (including phenoxy) is 1. The molecule has 0 atom stereocenters. The van der Waals surface area contributed by atoms with Crippen LogP contribution in [-0.2, 0) is 11.3 Å². The van der Waals surface area contributed by atoms with Crippen LogP contribution in [0.2, 0.25) is 0 Å². The summed E-state index contributed by atoms with van der Waals surface area (Å²) in [6, 6.07) is 13.3. The Labute approximate surface area is 170 Å². The summed E-state index contributed by atoms with van der Waals surface area (Å²) in [7, 11) is 1.56. The Morgan fingerprint density at radius 2 is 1.76 bits per heavy atom. The van der Waals surface area contributed by atoms with Crippen LogP contribution in [-0.4, -0.2) is 36.9 Å². The number of nitrogens with one attached hydrogen (secondary N) is 2. The molecular formula is C23H25N3O3. The summed E-state index contributed by atoms with van der Waals surface area (Å²) >= 11 is 0. The van der Waals surface area contributed by atoms with Gasteiger partial charge in [0.15, 0.2) is 0 Å². The van der Waals surface area contributed by atoms with Gasteiger partial charge in [-0.15, -0.1) is 0 Å². The van der Waals surface area contributed by atoms with E-state index in [0.717, 1.165) is 12.2 Å². The van der Waals surface area contributed by atoms with Crippen molar-refractivity contribution in [2.75, 3.05) is 25.5 Å². The predicted octanol–water partition coefficient (Wildman–Crippen LogP) is 3.40. The maximum atomic E-state index is 12.4. The number of piperidine rings is 1. The topological polar surface area (TPSA) is 70.7 Å². The molecule has 2 aliphatic rings. The third kappa shape index (κ3) is 4.32. The normalized spacial score (nSPS) is 18.3.